The maximum absolute atomic E-state index is 12.6. The van der Waals surface area contributed by atoms with Gasteiger partial charge in [-0.1, -0.05) is 61.1 Å². The van der Waals surface area contributed by atoms with Crippen LogP contribution in [-0.4, -0.2) is 22.7 Å². The highest BCUT2D eigenvalue weighted by molar-refractivity contribution is 9.11. The maximum atomic E-state index is 12.6. The van der Waals surface area contributed by atoms with Crippen LogP contribution in [0.25, 0.3) is 6.08 Å². The van der Waals surface area contributed by atoms with Crippen LogP contribution in [0.1, 0.15) is 5.56 Å². The molecule has 1 aliphatic heterocycles. The molecule has 2 aromatic rings. The topological polar surface area (TPSA) is 49.4 Å². The first kappa shape index (κ1) is 19.8. The van der Waals surface area contributed by atoms with Gasteiger partial charge in [0.1, 0.15) is 0 Å². The molecule has 0 saturated carbocycles. The molecule has 134 valence electrons. The van der Waals surface area contributed by atoms with E-state index in [0.29, 0.717) is 20.6 Å². The summed E-state index contributed by atoms with van der Waals surface area (Å²) in [6, 6.07) is 10.5. The Morgan fingerprint density at radius 2 is 1.88 bits per heavy atom. The lowest BCUT2D eigenvalue weighted by Crippen LogP contribution is -2.33. The molecule has 3 rings (SSSR count). The van der Waals surface area contributed by atoms with Gasteiger partial charge in [0.05, 0.1) is 22.3 Å². The van der Waals surface area contributed by atoms with Gasteiger partial charge in [-0.15, -0.1) is 0 Å². The summed E-state index contributed by atoms with van der Waals surface area (Å²) in [7, 11) is 0. The molecule has 1 fully saturated rings. The fraction of sp³-hybridized carbons (Fsp3) is 0.0588. The van der Waals surface area contributed by atoms with Crippen LogP contribution < -0.4 is 5.32 Å². The first-order valence-corrected chi connectivity index (χ1v) is 10.4. The molecule has 1 N–H and O–H groups in total. The largest absolute Gasteiger partial charge is 0.366 e. The molecule has 2 amide bonds. The number of anilines is 1. The van der Waals surface area contributed by atoms with Gasteiger partial charge < -0.3 is 5.32 Å². The Bertz CT molecular complexity index is 937. The van der Waals surface area contributed by atoms with E-state index in [9.17, 15) is 9.59 Å². The predicted octanol–water partition coefficient (Wildman–Crippen LogP) is 6.62. The molecule has 26 heavy (non-hydrogen) atoms. The van der Waals surface area contributed by atoms with Crippen LogP contribution in [-0.2, 0) is 4.79 Å². The highest BCUT2D eigenvalue weighted by Crippen LogP contribution is 2.34. The van der Waals surface area contributed by atoms with Gasteiger partial charge in [-0.25, -0.2) is 0 Å². The summed E-state index contributed by atoms with van der Waals surface area (Å²) in [5.74, 6) is -0.361. The molecule has 0 atom stereocenters. The number of hydrogen-bond donors (Lipinski definition) is 1. The van der Waals surface area contributed by atoms with E-state index in [-0.39, 0.29) is 17.8 Å². The van der Waals surface area contributed by atoms with Crippen molar-refractivity contribution in [3.05, 3.63) is 65.9 Å². The molecule has 0 radical (unpaired) electrons. The van der Waals surface area contributed by atoms with Gasteiger partial charge in [-0.05, 0) is 53.7 Å². The number of thioether (sulfide) groups is 1. The molecular formula is C17H10Br2Cl2N2O2S. The van der Waals surface area contributed by atoms with Crippen LogP contribution in [0.4, 0.5) is 10.5 Å². The minimum absolute atomic E-state index is 0.00355. The Hall–Kier alpha value is -0.990. The van der Waals surface area contributed by atoms with Gasteiger partial charge in [0, 0.05) is 14.0 Å². The summed E-state index contributed by atoms with van der Waals surface area (Å²) < 4.78 is 1.74. The Morgan fingerprint density at radius 1 is 1.12 bits per heavy atom. The number of nitrogens with zero attached hydrogens (tertiary/aromatic N) is 1. The number of halogens is 4. The number of hydrogen-bond acceptors (Lipinski definition) is 4. The molecule has 2 aromatic carbocycles. The predicted molar refractivity (Wildman–Crippen MR) is 115 cm³/mol. The van der Waals surface area contributed by atoms with E-state index in [4.69, 9.17) is 23.2 Å². The molecule has 1 saturated heterocycles. The van der Waals surface area contributed by atoms with E-state index in [2.05, 4.69) is 37.2 Å². The second-order valence-corrected chi connectivity index (χ2v) is 8.84. The standard InChI is InChI=1S/C17H10Br2Cl2N2O2S/c18-10-2-1-9(12(19)6-10)5-15-16(24)23(17(25)26-15)8-22-14-7-11(20)3-4-13(14)21/h1-7,22H,8H2/b15-5+. The van der Waals surface area contributed by atoms with Crippen molar-refractivity contribution in [1.82, 2.24) is 4.90 Å². The third-order valence-corrected chi connectivity index (χ3v) is 6.13. The second kappa shape index (κ2) is 8.35. The summed E-state index contributed by atoms with van der Waals surface area (Å²) in [6.07, 6.45) is 1.69. The van der Waals surface area contributed by atoms with Crippen molar-refractivity contribution in [3.63, 3.8) is 0 Å². The highest BCUT2D eigenvalue weighted by atomic mass is 79.9. The zero-order chi connectivity index (χ0) is 18.8. The molecule has 0 aliphatic carbocycles. The van der Waals surface area contributed by atoms with Crippen molar-refractivity contribution in [2.45, 2.75) is 0 Å². The Labute approximate surface area is 181 Å². The fourth-order valence-corrected chi connectivity index (χ4v) is 4.54. The van der Waals surface area contributed by atoms with Crippen molar-refractivity contribution in [2.75, 3.05) is 12.0 Å². The van der Waals surface area contributed by atoms with Crippen molar-refractivity contribution >= 4 is 89.7 Å². The number of nitrogens with one attached hydrogen (secondary N) is 1. The number of carbonyl (C=O) groups excluding carboxylic acids is 2. The Morgan fingerprint density at radius 3 is 2.62 bits per heavy atom. The third-order valence-electron chi connectivity index (χ3n) is 3.48. The highest BCUT2D eigenvalue weighted by Gasteiger charge is 2.35. The van der Waals surface area contributed by atoms with Crippen LogP contribution in [0.5, 0.6) is 0 Å². The third kappa shape index (κ3) is 4.46. The number of carbonyl (C=O) groups is 2. The zero-order valence-corrected chi connectivity index (χ0v) is 18.4. The first-order valence-electron chi connectivity index (χ1n) is 7.24. The minimum atomic E-state index is -0.361. The molecule has 1 heterocycles. The minimum Gasteiger partial charge on any atom is -0.366 e. The lowest BCUT2D eigenvalue weighted by molar-refractivity contribution is -0.122. The van der Waals surface area contributed by atoms with Crippen LogP contribution in [0.3, 0.4) is 0 Å². The van der Waals surface area contributed by atoms with E-state index in [1.807, 2.05) is 18.2 Å². The Kier molecular flexibility index (Phi) is 6.35. The summed E-state index contributed by atoms with van der Waals surface area (Å²) in [6.45, 7) is 0.00355. The maximum Gasteiger partial charge on any atom is 0.295 e. The molecule has 9 heteroatoms. The van der Waals surface area contributed by atoms with Gasteiger partial charge in [0.15, 0.2) is 0 Å². The quantitative estimate of drug-likeness (QED) is 0.446. The van der Waals surface area contributed by atoms with Crippen molar-refractivity contribution in [1.29, 1.82) is 0 Å². The van der Waals surface area contributed by atoms with E-state index in [1.54, 1.807) is 24.3 Å². The number of imide groups is 1. The van der Waals surface area contributed by atoms with Crippen molar-refractivity contribution < 1.29 is 9.59 Å². The molecule has 0 spiro atoms. The number of benzene rings is 2. The van der Waals surface area contributed by atoms with Crippen LogP contribution in [0, 0.1) is 0 Å². The lowest BCUT2D eigenvalue weighted by atomic mass is 10.2. The summed E-state index contributed by atoms with van der Waals surface area (Å²) in [4.78, 5) is 26.3. The average molecular weight is 537 g/mol. The van der Waals surface area contributed by atoms with Crippen LogP contribution in [0.2, 0.25) is 10.0 Å². The molecule has 0 unspecified atom stereocenters. The molecule has 0 bridgehead atoms. The SMILES string of the molecule is O=C1S/C(=C/c2ccc(Br)cc2Br)C(=O)N1CNc1cc(Cl)ccc1Cl. The van der Waals surface area contributed by atoms with Crippen molar-refractivity contribution in [3.8, 4) is 0 Å². The van der Waals surface area contributed by atoms with E-state index in [1.165, 1.54) is 0 Å². The van der Waals surface area contributed by atoms with E-state index in [0.717, 1.165) is 31.2 Å². The fourth-order valence-electron chi connectivity index (χ4n) is 2.19. The van der Waals surface area contributed by atoms with E-state index >= 15 is 0 Å². The first-order chi connectivity index (χ1) is 12.3. The van der Waals surface area contributed by atoms with Gasteiger partial charge in [0.25, 0.3) is 11.1 Å². The van der Waals surface area contributed by atoms with Gasteiger partial charge in [0.2, 0.25) is 0 Å². The average Bonchev–Trinajstić information content (AvgIpc) is 2.85. The normalized spacial score (nSPS) is 15.8. The van der Waals surface area contributed by atoms with Crippen molar-refractivity contribution in [2.24, 2.45) is 0 Å². The smallest absolute Gasteiger partial charge is 0.295 e. The van der Waals surface area contributed by atoms with Gasteiger partial charge in [-0.3, -0.25) is 14.5 Å². The summed E-state index contributed by atoms with van der Waals surface area (Å²) in [5, 5.41) is 3.58. The molecule has 4 nitrogen and oxygen atoms in total. The number of amides is 2. The monoisotopic (exact) mass is 534 g/mol. The van der Waals surface area contributed by atoms with E-state index < -0.39 is 0 Å². The van der Waals surface area contributed by atoms with Crippen LogP contribution in [0.15, 0.2) is 50.2 Å². The summed E-state index contributed by atoms with van der Waals surface area (Å²) in [5.41, 5.74) is 1.36. The second-order valence-electron chi connectivity index (χ2n) is 5.23. The van der Waals surface area contributed by atoms with Crippen LogP contribution >= 0.6 is 66.8 Å². The Balaban J connectivity index is 1.76. The number of rotatable bonds is 4. The molecule has 0 aromatic heterocycles. The molecular weight excluding hydrogens is 527 g/mol. The van der Waals surface area contributed by atoms with Gasteiger partial charge in [-0.2, -0.15) is 0 Å². The summed E-state index contributed by atoms with van der Waals surface area (Å²) >= 11 is 19.8. The molecule has 1 aliphatic rings. The zero-order valence-electron chi connectivity index (χ0n) is 12.9. The lowest BCUT2D eigenvalue weighted by Gasteiger charge is -2.15. The van der Waals surface area contributed by atoms with Gasteiger partial charge >= 0.3 is 0 Å².